The van der Waals surface area contributed by atoms with Crippen LogP contribution in [0.25, 0.3) is 0 Å². The van der Waals surface area contributed by atoms with Gasteiger partial charge in [-0.2, -0.15) is 5.01 Å². The van der Waals surface area contributed by atoms with E-state index in [-0.39, 0.29) is 33.6 Å². The highest BCUT2D eigenvalue weighted by atomic mass is 32.2. The first-order valence-electron chi connectivity index (χ1n) is 14.3. The predicted octanol–water partition coefficient (Wildman–Crippen LogP) is 0.985. The number of fused-ring (bicyclic) bond motifs is 2. The lowest BCUT2D eigenvalue weighted by molar-refractivity contribution is -0.151. The van der Waals surface area contributed by atoms with E-state index >= 15 is 0 Å². The molecule has 1 aromatic carbocycles. The molecule has 23 heteroatoms. The summed E-state index contributed by atoms with van der Waals surface area (Å²) in [5, 5.41) is 58.2. The molecule has 9 N–H and O–H groups in total. The second kappa shape index (κ2) is 13.9. The molecule has 266 valence electrons. The van der Waals surface area contributed by atoms with Gasteiger partial charge in [0, 0.05) is 28.2 Å². The molecule has 6 rings (SSSR count). The molecule has 4 aliphatic heterocycles. The Balaban J connectivity index is 1.18. The number of carbonyl (C=O) groups is 5. The Kier molecular flexibility index (Phi) is 9.52. The number of benzene rings is 1. The second-order valence-electron chi connectivity index (χ2n) is 10.8. The van der Waals surface area contributed by atoms with Crippen molar-refractivity contribution < 1.29 is 54.3 Å². The van der Waals surface area contributed by atoms with Gasteiger partial charge in [-0.25, -0.2) is 29.4 Å². The fraction of sp³-hybridized carbons (Fsp3) is 0.214. The van der Waals surface area contributed by atoms with Crippen LogP contribution in [0.3, 0.4) is 0 Å². The third-order valence-corrected chi connectivity index (χ3v) is 10.5. The molecular weight excluding hydrogens is 735 g/mol. The Morgan fingerprint density at radius 2 is 1.98 bits per heavy atom. The summed E-state index contributed by atoms with van der Waals surface area (Å²) in [6, 6.07) is 1.94. The molecule has 5 heterocycles. The number of aromatic hydroxyl groups is 2. The molecule has 51 heavy (non-hydrogen) atoms. The highest BCUT2D eigenvalue weighted by Gasteiger charge is 2.54. The van der Waals surface area contributed by atoms with Crippen molar-refractivity contribution >= 4 is 81.3 Å². The van der Waals surface area contributed by atoms with Crippen LogP contribution in [0.1, 0.15) is 24.3 Å². The zero-order valence-electron chi connectivity index (χ0n) is 25.8. The number of carboxylic acid groups (broad SMARTS) is 3. The van der Waals surface area contributed by atoms with E-state index in [1.54, 1.807) is 13.0 Å². The highest BCUT2D eigenvalue weighted by Crippen LogP contribution is 2.42. The standard InChI is InChI=1S/C28H25N9O11S3/c1-10-4-17(37-16(30-10)6-35(34-37)28(46)47)49-7-12-8-50-24-19(23(41)36(24)20(12)25(42)43)32-22(40)18(13-9-51-27(29)31-13)33-48-21(26(44)45)11-2-3-14(38)15(39)5-11/h2-6,9,19,21,24,34,38-39H,7-8H2,1H3,(H2,29,31)(H,32,40)(H,42,43)(H,44,45)(H,46,47)/b33-18-/t19-,21-,24-/m1/s1. The number of aliphatic carboxylic acids is 2. The summed E-state index contributed by atoms with van der Waals surface area (Å²) in [7, 11) is 0. The van der Waals surface area contributed by atoms with Gasteiger partial charge in [0.2, 0.25) is 6.10 Å². The number of nitrogens with two attached hydrogens (primary N) is 1. The first kappa shape index (κ1) is 35.1. The number of phenols is 2. The Morgan fingerprint density at radius 3 is 2.63 bits per heavy atom. The van der Waals surface area contributed by atoms with E-state index in [0.29, 0.717) is 22.1 Å². The Morgan fingerprint density at radius 1 is 1.22 bits per heavy atom. The monoisotopic (exact) mass is 759 g/mol. The van der Waals surface area contributed by atoms with Gasteiger partial charge in [0.1, 0.15) is 22.8 Å². The third-order valence-electron chi connectivity index (χ3n) is 7.42. The predicted molar refractivity (Wildman–Crippen MR) is 181 cm³/mol. The number of hydrazine groups is 2. The molecule has 0 unspecified atom stereocenters. The number of oxime groups is 1. The Hall–Kier alpha value is -5.78. The smallest absolute Gasteiger partial charge is 0.427 e. The number of allylic oxidation sites excluding steroid dienone is 1. The lowest BCUT2D eigenvalue weighted by Gasteiger charge is -2.49. The highest BCUT2D eigenvalue weighted by molar-refractivity contribution is 8.03. The average Bonchev–Trinajstić information content (AvgIpc) is 3.71. The molecule has 0 saturated carbocycles. The zero-order chi connectivity index (χ0) is 36.7. The van der Waals surface area contributed by atoms with Gasteiger partial charge in [-0.1, -0.05) is 11.2 Å². The molecule has 1 fully saturated rings. The molecule has 0 radical (unpaired) electrons. The first-order valence-corrected chi connectivity index (χ1v) is 17.3. The number of phenolic OH excluding ortho intramolecular Hbond substituents is 2. The number of aliphatic imine (C=N–C) groups is 1. The number of hydrogen-bond donors (Lipinski definition) is 8. The van der Waals surface area contributed by atoms with E-state index in [1.807, 2.05) is 0 Å². The van der Waals surface area contributed by atoms with E-state index in [1.165, 1.54) is 40.1 Å². The maximum Gasteiger partial charge on any atom is 0.427 e. The zero-order valence-corrected chi connectivity index (χ0v) is 28.2. The number of thioether (sulfide) groups is 2. The van der Waals surface area contributed by atoms with E-state index < -0.39 is 64.6 Å². The fourth-order valence-corrected chi connectivity index (χ4v) is 8.19. The maximum absolute atomic E-state index is 13.5. The molecule has 3 amide bonds. The van der Waals surface area contributed by atoms with Crippen molar-refractivity contribution in [3.05, 3.63) is 69.2 Å². The minimum absolute atomic E-state index is 0.0394. The number of aromatic nitrogens is 1. The van der Waals surface area contributed by atoms with Crippen molar-refractivity contribution in [3.63, 3.8) is 0 Å². The number of carboxylic acids is 2. The van der Waals surface area contributed by atoms with Crippen LogP contribution in [0.4, 0.5) is 9.93 Å². The van der Waals surface area contributed by atoms with Gasteiger partial charge in [0.25, 0.3) is 11.8 Å². The number of nitrogen functional groups attached to an aromatic ring is 1. The van der Waals surface area contributed by atoms with Crippen molar-refractivity contribution in [2.75, 3.05) is 17.2 Å². The number of β-lactam (4-membered cyclic amide) rings is 1. The van der Waals surface area contributed by atoms with Gasteiger partial charge in [-0.05, 0) is 30.7 Å². The van der Waals surface area contributed by atoms with E-state index in [0.717, 1.165) is 39.4 Å². The molecule has 3 atom stereocenters. The molecule has 20 nitrogen and oxygen atoms in total. The SMILES string of the molecule is CC1=NC2=CN(C(=O)O)NN2C(SCC2=C(C(=O)O)N3C(=O)[C@@H](NC(=O)/C(=N\O[C@@H](C(=O)O)c4ccc(O)c(O)c4)c4csc(N)n4)[C@H]3SC2)=C1. The fourth-order valence-electron chi connectivity index (χ4n) is 5.09. The second-order valence-corrected chi connectivity index (χ2v) is 13.8. The van der Waals surface area contributed by atoms with Crippen LogP contribution in [0.15, 0.2) is 68.1 Å². The van der Waals surface area contributed by atoms with Crippen molar-refractivity contribution in [2.45, 2.75) is 24.4 Å². The van der Waals surface area contributed by atoms with Crippen LogP contribution in [-0.4, -0.2) is 110 Å². The molecule has 4 aliphatic rings. The largest absolute Gasteiger partial charge is 0.504 e. The molecule has 2 aromatic rings. The number of carbonyl (C=O) groups excluding carboxylic acids is 2. The lowest BCUT2D eigenvalue weighted by Crippen LogP contribution is -2.71. The van der Waals surface area contributed by atoms with Gasteiger partial charge in [0.05, 0.1) is 11.2 Å². The van der Waals surface area contributed by atoms with Crippen molar-refractivity contribution in [1.29, 1.82) is 0 Å². The average molecular weight is 760 g/mol. The summed E-state index contributed by atoms with van der Waals surface area (Å²) in [4.78, 5) is 77.4. The summed E-state index contributed by atoms with van der Waals surface area (Å²) >= 11 is 3.34. The van der Waals surface area contributed by atoms with Gasteiger partial charge >= 0.3 is 18.0 Å². The molecule has 1 aromatic heterocycles. The molecule has 1 saturated heterocycles. The topological polar surface area (TPSA) is 293 Å². The number of hydrogen-bond acceptors (Lipinski definition) is 17. The van der Waals surface area contributed by atoms with Crippen LogP contribution < -0.4 is 16.6 Å². The van der Waals surface area contributed by atoms with Crippen molar-refractivity contribution in [2.24, 2.45) is 10.1 Å². The Bertz CT molecular complexity index is 2030. The van der Waals surface area contributed by atoms with Crippen LogP contribution in [0.5, 0.6) is 11.5 Å². The number of nitrogens with zero attached hydrogens (tertiary/aromatic N) is 6. The number of amides is 3. The van der Waals surface area contributed by atoms with Crippen molar-refractivity contribution in [1.82, 2.24) is 30.8 Å². The van der Waals surface area contributed by atoms with Gasteiger partial charge in [0.15, 0.2) is 28.2 Å². The van der Waals surface area contributed by atoms with Gasteiger partial charge in [-0.15, -0.1) is 40.4 Å². The summed E-state index contributed by atoms with van der Waals surface area (Å²) < 4.78 is 0. The third kappa shape index (κ3) is 6.86. The Labute approximate surface area is 298 Å². The molecule has 0 spiro atoms. The van der Waals surface area contributed by atoms with Crippen LogP contribution in [0.2, 0.25) is 0 Å². The summed E-state index contributed by atoms with van der Waals surface area (Å²) in [5.74, 6) is -5.19. The minimum Gasteiger partial charge on any atom is -0.504 e. The van der Waals surface area contributed by atoms with Crippen LogP contribution in [0, 0.1) is 0 Å². The van der Waals surface area contributed by atoms with Crippen LogP contribution >= 0.6 is 34.9 Å². The normalized spacial score (nSPS) is 20.4. The number of nitrogens with one attached hydrogen (secondary N) is 2. The summed E-state index contributed by atoms with van der Waals surface area (Å²) in [5.41, 5.74) is 8.35. The van der Waals surface area contributed by atoms with Gasteiger partial charge in [-0.3, -0.25) is 14.5 Å². The van der Waals surface area contributed by atoms with E-state index in [2.05, 4.69) is 26.0 Å². The summed E-state index contributed by atoms with van der Waals surface area (Å²) in [6.45, 7) is 1.72. The quantitative estimate of drug-likeness (QED) is 0.0686. The maximum atomic E-state index is 13.5. The molecule has 0 aliphatic carbocycles. The number of anilines is 1. The van der Waals surface area contributed by atoms with E-state index in [9.17, 15) is 49.5 Å². The number of rotatable bonds is 11. The minimum atomic E-state index is -1.84. The number of thiazole rings is 1. The van der Waals surface area contributed by atoms with Crippen LogP contribution in [-0.2, 0) is 24.0 Å². The molecular formula is C28H25N9O11S3. The summed E-state index contributed by atoms with van der Waals surface area (Å²) in [6.07, 6.45) is -0.136. The first-order chi connectivity index (χ1) is 24.2. The molecule has 0 bridgehead atoms. The van der Waals surface area contributed by atoms with Crippen molar-refractivity contribution in [3.8, 4) is 11.5 Å². The lowest BCUT2D eigenvalue weighted by atomic mass is 10.0. The van der Waals surface area contributed by atoms with E-state index in [4.69, 9.17) is 10.6 Å². The van der Waals surface area contributed by atoms with Gasteiger partial charge < -0.3 is 41.4 Å².